The van der Waals surface area contributed by atoms with E-state index in [0.717, 1.165) is 45.8 Å². The summed E-state index contributed by atoms with van der Waals surface area (Å²) in [6.07, 6.45) is 2.07. The van der Waals surface area contributed by atoms with Crippen LogP contribution in [0, 0.1) is 6.92 Å². The first-order chi connectivity index (χ1) is 9.28. The Morgan fingerprint density at radius 2 is 1.95 bits per heavy atom. The van der Waals surface area contributed by atoms with Crippen molar-refractivity contribution in [1.29, 1.82) is 0 Å². The summed E-state index contributed by atoms with van der Waals surface area (Å²) < 4.78 is 10.7. The Balaban J connectivity index is 1.84. The number of hydrogen-bond donors (Lipinski definition) is 1. The molecule has 1 aromatic rings. The van der Waals surface area contributed by atoms with Crippen LogP contribution in [-0.2, 0) is 14.9 Å². The maximum absolute atomic E-state index is 5.72. The number of hydrogen-bond acceptors (Lipinski definition) is 3. The van der Waals surface area contributed by atoms with Crippen LogP contribution in [0.15, 0.2) is 24.3 Å². The van der Waals surface area contributed by atoms with Crippen molar-refractivity contribution in [2.45, 2.75) is 25.2 Å². The highest BCUT2D eigenvalue weighted by Crippen LogP contribution is 2.34. The Labute approximate surface area is 116 Å². The second kappa shape index (κ2) is 7.04. The summed E-state index contributed by atoms with van der Waals surface area (Å²) in [6.45, 7) is 6.75. The predicted molar refractivity (Wildman–Crippen MR) is 77.7 cm³/mol. The van der Waals surface area contributed by atoms with E-state index < -0.39 is 0 Å². The van der Waals surface area contributed by atoms with Gasteiger partial charge >= 0.3 is 0 Å². The number of aryl methyl sites for hydroxylation is 1. The highest BCUT2D eigenvalue weighted by Gasteiger charge is 2.38. The maximum atomic E-state index is 5.72. The summed E-state index contributed by atoms with van der Waals surface area (Å²) in [5, 5.41) is 3.41. The second-order valence-electron chi connectivity index (χ2n) is 5.41. The van der Waals surface area contributed by atoms with Gasteiger partial charge in [0.25, 0.3) is 0 Å². The third-order valence-corrected chi connectivity index (χ3v) is 4.01. The van der Waals surface area contributed by atoms with Gasteiger partial charge < -0.3 is 14.8 Å². The molecule has 0 amide bonds. The van der Waals surface area contributed by atoms with Gasteiger partial charge in [-0.2, -0.15) is 0 Å². The summed E-state index contributed by atoms with van der Waals surface area (Å²) in [5.41, 5.74) is 3.16. The van der Waals surface area contributed by atoms with Gasteiger partial charge in [0.15, 0.2) is 0 Å². The molecule has 0 aliphatic carbocycles. The zero-order valence-corrected chi connectivity index (χ0v) is 12.1. The molecule has 1 heterocycles. The smallest absolute Gasteiger partial charge is 0.0487 e. The molecule has 0 unspecified atom stereocenters. The van der Waals surface area contributed by atoms with Crippen molar-refractivity contribution in [1.82, 2.24) is 5.32 Å². The third kappa shape index (κ3) is 3.56. The van der Waals surface area contributed by atoms with Gasteiger partial charge in [-0.25, -0.2) is 0 Å². The number of ether oxygens (including phenoxy) is 2. The van der Waals surface area contributed by atoms with Crippen LogP contribution >= 0.6 is 0 Å². The van der Waals surface area contributed by atoms with Gasteiger partial charge in [0.1, 0.15) is 0 Å². The van der Waals surface area contributed by atoms with Crippen LogP contribution < -0.4 is 5.32 Å². The summed E-state index contributed by atoms with van der Waals surface area (Å²) in [6, 6.07) is 8.72. The van der Waals surface area contributed by atoms with Gasteiger partial charge in [-0.15, -0.1) is 0 Å². The van der Waals surface area contributed by atoms with Crippen molar-refractivity contribution in [3.05, 3.63) is 35.4 Å². The van der Waals surface area contributed by atoms with E-state index in [2.05, 4.69) is 36.5 Å². The largest absolute Gasteiger partial charge is 0.385 e. The SMILES string of the molecule is COCCCOCCC1(c2ccccc2C)CNC1. The van der Waals surface area contributed by atoms with Crippen molar-refractivity contribution in [2.24, 2.45) is 0 Å². The first kappa shape index (κ1) is 14.5. The van der Waals surface area contributed by atoms with Crippen LogP contribution in [0.2, 0.25) is 0 Å². The van der Waals surface area contributed by atoms with Crippen molar-refractivity contribution in [3.8, 4) is 0 Å². The summed E-state index contributed by atoms with van der Waals surface area (Å²) in [7, 11) is 1.73. The fraction of sp³-hybridized carbons (Fsp3) is 0.625. The summed E-state index contributed by atoms with van der Waals surface area (Å²) in [4.78, 5) is 0. The van der Waals surface area contributed by atoms with Gasteiger partial charge in [-0.05, 0) is 30.9 Å². The lowest BCUT2D eigenvalue weighted by atomic mass is 9.71. The molecule has 1 aromatic carbocycles. The zero-order valence-electron chi connectivity index (χ0n) is 12.1. The van der Waals surface area contributed by atoms with E-state index >= 15 is 0 Å². The third-order valence-electron chi connectivity index (χ3n) is 4.01. The Bertz CT molecular complexity index is 388. The Hall–Kier alpha value is -0.900. The topological polar surface area (TPSA) is 30.5 Å². The molecule has 106 valence electrons. The fourth-order valence-corrected chi connectivity index (χ4v) is 2.77. The molecule has 19 heavy (non-hydrogen) atoms. The Kier molecular flexibility index (Phi) is 5.37. The van der Waals surface area contributed by atoms with Crippen LogP contribution in [0.3, 0.4) is 0 Å². The van der Waals surface area contributed by atoms with E-state index in [1.165, 1.54) is 11.1 Å². The maximum Gasteiger partial charge on any atom is 0.0487 e. The highest BCUT2D eigenvalue weighted by atomic mass is 16.5. The fourth-order valence-electron chi connectivity index (χ4n) is 2.77. The molecule has 1 saturated heterocycles. The van der Waals surface area contributed by atoms with Crippen LogP contribution in [0.25, 0.3) is 0 Å². The van der Waals surface area contributed by atoms with E-state index in [-0.39, 0.29) is 5.41 Å². The minimum Gasteiger partial charge on any atom is -0.385 e. The second-order valence-corrected chi connectivity index (χ2v) is 5.41. The molecule has 1 aliphatic rings. The molecule has 3 nitrogen and oxygen atoms in total. The van der Waals surface area contributed by atoms with Crippen LogP contribution in [0.5, 0.6) is 0 Å². The van der Waals surface area contributed by atoms with Crippen molar-refractivity contribution in [2.75, 3.05) is 40.0 Å². The molecular formula is C16H25NO2. The average molecular weight is 263 g/mol. The van der Waals surface area contributed by atoms with Crippen molar-refractivity contribution >= 4 is 0 Å². The molecule has 0 saturated carbocycles. The van der Waals surface area contributed by atoms with Gasteiger partial charge in [-0.1, -0.05) is 24.3 Å². The van der Waals surface area contributed by atoms with Crippen molar-refractivity contribution < 1.29 is 9.47 Å². The molecule has 2 rings (SSSR count). The highest BCUT2D eigenvalue weighted by molar-refractivity contribution is 5.36. The van der Waals surface area contributed by atoms with Gasteiger partial charge in [0.05, 0.1) is 0 Å². The van der Waals surface area contributed by atoms with Crippen LogP contribution in [0.4, 0.5) is 0 Å². The Morgan fingerprint density at radius 1 is 1.16 bits per heavy atom. The first-order valence-electron chi connectivity index (χ1n) is 7.12. The summed E-state index contributed by atoms with van der Waals surface area (Å²) in [5.74, 6) is 0. The van der Waals surface area contributed by atoms with E-state index in [9.17, 15) is 0 Å². The molecular weight excluding hydrogens is 238 g/mol. The molecule has 0 spiro atoms. The molecule has 1 N–H and O–H groups in total. The van der Waals surface area contributed by atoms with E-state index in [1.807, 2.05) is 0 Å². The molecule has 0 aromatic heterocycles. The minimum absolute atomic E-state index is 0.284. The normalized spacial score (nSPS) is 17.2. The lowest BCUT2D eigenvalue weighted by Gasteiger charge is -2.44. The lowest BCUT2D eigenvalue weighted by Crippen LogP contribution is -2.57. The predicted octanol–water partition coefficient (Wildman–Crippen LogP) is 2.28. The molecule has 0 bridgehead atoms. The summed E-state index contributed by atoms with van der Waals surface area (Å²) >= 11 is 0. The van der Waals surface area contributed by atoms with Crippen LogP contribution in [-0.4, -0.2) is 40.0 Å². The standard InChI is InChI=1S/C16H25NO2/c1-14-6-3-4-7-15(14)16(12-17-13-16)8-11-19-10-5-9-18-2/h3-4,6-7,17H,5,8-13H2,1-2H3. The zero-order chi connectivity index (χ0) is 13.6. The first-order valence-corrected chi connectivity index (χ1v) is 7.12. The monoisotopic (exact) mass is 263 g/mol. The molecule has 1 aliphatic heterocycles. The minimum atomic E-state index is 0.284. The average Bonchev–Trinajstić information content (AvgIpc) is 2.37. The van der Waals surface area contributed by atoms with E-state index in [4.69, 9.17) is 9.47 Å². The van der Waals surface area contributed by atoms with E-state index in [1.54, 1.807) is 7.11 Å². The molecule has 1 fully saturated rings. The van der Waals surface area contributed by atoms with Crippen molar-refractivity contribution in [3.63, 3.8) is 0 Å². The lowest BCUT2D eigenvalue weighted by molar-refractivity contribution is 0.0804. The number of nitrogens with one attached hydrogen (secondary N) is 1. The number of benzene rings is 1. The Morgan fingerprint density at radius 3 is 2.58 bits per heavy atom. The molecule has 3 heteroatoms. The quantitative estimate of drug-likeness (QED) is 0.730. The van der Waals surface area contributed by atoms with E-state index in [0.29, 0.717) is 0 Å². The van der Waals surface area contributed by atoms with Gasteiger partial charge in [0, 0.05) is 45.4 Å². The van der Waals surface area contributed by atoms with Gasteiger partial charge in [-0.3, -0.25) is 0 Å². The van der Waals surface area contributed by atoms with Gasteiger partial charge in [0.2, 0.25) is 0 Å². The number of rotatable bonds is 8. The number of methoxy groups -OCH3 is 1. The molecule has 0 radical (unpaired) electrons. The molecule has 0 atom stereocenters. The van der Waals surface area contributed by atoms with Crippen LogP contribution in [0.1, 0.15) is 24.0 Å².